The molecule has 4 aliphatic carbocycles. The molecule has 4 fully saturated rings. The molecule has 3 saturated carbocycles. The second kappa shape index (κ2) is 7.42. The average Bonchev–Trinajstić information content (AvgIpc) is 3.22. The van der Waals surface area contributed by atoms with Crippen LogP contribution >= 0.6 is 0 Å². The fourth-order valence-electron chi connectivity index (χ4n) is 10.3. The van der Waals surface area contributed by atoms with Gasteiger partial charge in [0.05, 0.1) is 23.4 Å². The van der Waals surface area contributed by atoms with Crippen LogP contribution in [0.25, 0.3) is 0 Å². The normalized spacial score (nSPS) is 52.0. The second-order valence-electron chi connectivity index (χ2n) is 14.8. The van der Waals surface area contributed by atoms with Crippen molar-refractivity contribution >= 4 is 5.78 Å². The largest absolute Gasteiger partial charge is 0.389 e. The highest BCUT2D eigenvalue weighted by Crippen LogP contribution is 2.75. The number of fused-ring (bicyclic) bond motifs is 6. The van der Waals surface area contributed by atoms with E-state index in [0.29, 0.717) is 18.6 Å². The molecule has 0 radical (unpaired) electrons. The van der Waals surface area contributed by atoms with Gasteiger partial charge in [-0.3, -0.25) is 4.79 Å². The van der Waals surface area contributed by atoms with Gasteiger partial charge in [-0.25, -0.2) is 0 Å². The van der Waals surface area contributed by atoms with Crippen LogP contribution in [-0.2, 0) is 9.53 Å². The molecule has 35 heavy (non-hydrogen) atoms. The first-order valence-corrected chi connectivity index (χ1v) is 14.0. The molecular formula is C30H48O5. The number of ketones is 1. The smallest absolute Gasteiger partial charge is 0.138 e. The molecule has 3 N–H and O–H groups in total. The lowest BCUT2D eigenvalue weighted by Crippen LogP contribution is -2.65. The number of aliphatic hydroxyl groups is 3. The molecule has 1 unspecified atom stereocenters. The van der Waals surface area contributed by atoms with E-state index in [9.17, 15) is 20.1 Å². The molecule has 5 rings (SSSR count). The Balaban J connectivity index is 1.57. The Morgan fingerprint density at radius 1 is 1.09 bits per heavy atom. The van der Waals surface area contributed by atoms with E-state index in [2.05, 4.69) is 47.6 Å². The van der Waals surface area contributed by atoms with Gasteiger partial charge >= 0.3 is 0 Å². The van der Waals surface area contributed by atoms with Gasteiger partial charge in [0.15, 0.2) is 0 Å². The molecular weight excluding hydrogens is 440 g/mol. The number of hydrogen-bond donors (Lipinski definition) is 3. The van der Waals surface area contributed by atoms with Gasteiger partial charge in [0.25, 0.3) is 0 Å². The summed E-state index contributed by atoms with van der Waals surface area (Å²) >= 11 is 0. The van der Waals surface area contributed by atoms with Crippen molar-refractivity contribution in [1.82, 2.24) is 0 Å². The Hall–Kier alpha value is -0.750. The van der Waals surface area contributed by atoms with Crippen LogP contribution in [0.4, 0.5) is 0 Å². The monoisotopic (exact) mass is 488 g/mol. The van der Waals surface area contributed by atoms with Crippen LogP contribution in [0.2, 0.25) is 0 Å². The molecule has 0 aromatic carbocycles. The van der Waals surface area contributed by atoms with E-state index in [1.807, 2.05) is 0 Å². The van der Waals surface area contributed by atoms with Crippen molar-refractivity contribution in [2.24, 2.45) is 39.4 Å². The van der Waals surface area contributed by atoms with Gasteiger partial charge in [0.1, 0.15) is 11.9 Å². The van der Waals surface area contributed by atoms with Gasteiger partial charge in [0.2, 0.25) is 0 Å². The predicted octanol–water partition coefficient (Wildman–Crippen LogP) is 4.81. The molecule has 0 aromatic rings. The van der Waals surface area contributed by atoms with Crippen molar-refractivity contribution in [2.45, 2.75) is 130 Å². The molecule has 5 heteroatoms. The summed E-state index contributed by atoms with van der Waals surface area (Å²) in [6.45, 7) is 16.9. The first kappa shape index (κ1) is 25.9. The maximum absolute atomic E-state index is 12.9. The van der Waals surface area contributed by atoms with E-state index in [-0.39, 0.29) is 39.4 Å². The molecule has 1 aliphatic heterocycles. The van der Waals surface area contributed by atoms with Crippen LogP contribution < -0.4 is 0 Å². The number of carbonyl (C=O) groups is 1. The minimum atomic E-state index is -1.23. The molecule has 0 aromatic heterocycles. The molecule has 0 amide bonds. The lowest BCUT2D eigenvalue weighted by atomic mass is 9.36. The molecule has 1 saturated heterocycles. The van der Waals surface area contributed by atoms with Crippen molar-refractivity contribution in [2.75, 3.05) is 0 Å². The van der Waals surface area contributed by atoms with E-state index in [1.165, 1.54) is 5.57 Å². The summed E-state index contributed by atoms with van der Waals surface area (Å²) in [7, 11) is 0. The second-order valence-corrected chi connectivity index (χ2v) is 14.8. The molecule has 198 valence electrons. The van der Waals surface area contributed by atoms with Gasteiger partial charge in [-0.05, 0) is 86.0 Å². The van der Waals surface area contributed by atoms with Crippen LogP contribution in [-0.4, -0.2) is 50.6 Å². The highest BCUT2D eigenvalue weighted by molar-refractivity contribution is 5.85. The summed E-state index contributed by atoms with van der Waals surface area (Å²) in [4.78, 5) is 12.9. The third-order valence-corrected chi connectivity index (χ3v) is 12.4. The molecule has 5 aliphatic rings. The summed E-state index contributed by atoms with van der Waals surface area (Å²) in [6, 6.07) is 0. The first-order valence-electron chi connectivity index (χ1n) is 14.0. The zero-order valence-corrected chi connectivity index (χ0v) is 23.1. The Labute approximate surface area is 211 Å². The maximum atomic E-state index is 12.9. The summed E-state index contributed by atoms with van der Waals surface area (Å²) < 4.78 is 6.76. The SMILES string of the molecule is C[C@@H]1C[C@@H]([C@@H](O)C(C)(C)O)O[C@]12CC[C@@]1(C)C2=C[C@H](O)[C@H]2[C@@]3(C)CCC(=O)C(C)(C)C3CC[C@@]21C. The molecule has 1 heterocycles. The van der Waals surface area contributed by atoms with Crippen molar-refractivity contribution in [3.63, 3.8) is 0 Å². The summed E-state index contributed by atoms with van der Waals surface area (Å²) in [5.41, 5.74) is -1.15. The number of carbonyl (C=O) groups excluding carboxylic acids is 1. The maximum Gasteiger partial charge on any atom is 0.138 e. The predicted molar refractivity (Wildman–Crippen MR) is 136 cm³/mol. The van der Waals surface area contributed by atoms with Gasteiger partial charge in [0, 0.05) is 17.8 Å². The van der Waals surface area contributed by atoms with E-state index in [0.717, 1.165) is 32.1 Å². The van der Waals surface area contributed by atoms with Gasteiger partial charge in [-0.15, -0.1) is 0 Å². The number of rotatable bonds is 2. The minimum absolute atomic E-state index is 0.0909. The molecule has 0 bridgehead atoms. The number of aliphatic hydroxyl groups excluding tert-OH is 2. The van der Waals surface area contributed by atoms with Crippen LogP contribution in [0, 0.1) is 39.4 Å². The van der Waals surface area contributed by atoms with E-state index in [4.69, 9.17) is 4.74 Å². The van der Waals surface area contributed by atoms with Crippen molar-refractivity contribution in [1.29, 1.82) is 0 Å². The van der Waals surface area contributed by atoms with E-state index >= 15 is 0 Å². The number of Topliss-reactive ketones (excluding diaryl/α,β-unsaturated/α-hetero) is 1. The number of ether oxygens (including phenoxy) is 1. The zero-order chi connectivity index (χ0) is 26.0. The summed E-state index contributed by atoms with van der Waals surface area (Å²) in [5.74, 6) is 0.953. The lowest BCUT2D eigenvalue weighted by molar-refractivity contribution is -0.197. The van der Waals surface area contributed by atoms with Crippen LogP contribution in [0.15, 0.2) is 11.6 Å². The van der Waals surface area contributed by atoms with Gasteiger partial charge < -0.3 is 20.1 Å². The summed E-state index contributed by atoms with van der Waals surface area (Å²) in [6.07, 6.45) is 6.23. The topological polar surface area (TPSA) is 87.0 Å². The Bertz CT molecular complexity index is 947. The standard InChI is InChI=1S/C30H48O5/c1-17-15-19(24(33)26(4,5)34)35-30(17)14-13-28(7)21(30)16-18(31)23-27(6)11-10-22(32)25(2,3)20(27)9-12-29(23,28)8/h16-20,23-24,31,33-34H,9-15H2,1-8H3/t17-,18+,19+,20?,23+,24-,27+,28+,29+,30-/m1/s1. The van der Waals surface area contributed by atoms with Gasteiger partial charge in [-0.2, -0.15) is 0 Å². The first-order chi connectivity index (χ1) is 15.9. The van der Waals surface area contributed by atoms with Crippen molar-refractivity contribution < 1.29 is 24.9 Å². The third-order valence-electron chi connectivity index (χ3n) is 12.4. The fraction of sp³-hybridized carbons (Fsp3) is 0.900. The molecule has 1 spiro atoms. The van der Waals surface area contributed by atoms with E-state index in [1.54, 1.807) is 13.8 Å². The van der Waals surface area contributed by atoms with Crippen LogP contribution in [0.3, 0.4) is 0 Å². The molecule has 10 atom stereocenters. The van der Waals surface area contributed by atoms with Crippen molar-refractivity contribution in [3.05, 3.63) is 11.6 Å². The van der Waals surface area contributed by atoms with Gasteiger partial charge in [-0.1, -0.05) is 47.6 Å². The minimum Gasteiger partial charge on any atom is -0.389 e. The highest BCUT2D eigenvalue weighted by atomic mass is 16.5. The zero-order valence-electron chi connectivity index (χ0n) is 23.1. The Morgan fingerprint density at radius 3 is 2.37 bits per heavy atom. The van der Waals surface area contributed by atoms with Crippen LogP contribution in [0.1, 0.15) is 100 Å². The average molecular weight is 489 g/mol. The lowest BCUT2D eigenvalue weighted by Gasteiger charge is -2.68. The third kappa shape index (κ3) is 3.11. The Kier molecular flexibility index (Phi) is 5.49. The Morgan fingerprint density at radius 2 is 1.74 bits per heavy atom. The van der Waals surface area contributed by atoms with E-state index < -0.39 is 29.5 Å². The number of hydrogen-bond acceptors (Lipinski definition) is 5. The molecule has 5 nitrogen and oxygen atoms in total. The highest BCUT2D eigenvalue weighted by Gasteiger charge is 2.72. The quantitative estimate of drug-likeness (QED) is 0.486. The summed E-state index contributed by atoms with van der Waals surface area (Å²) in [5, 5.41) is 33.2. The fourth-order valence-corrected chi connectivity index (χ4v) is 10.3. The van der Waals surface area contributed by atoms with Crippen molar-refractivity contribution in [3.8, 4) is 0 Å². The van der Waals surface area contributed by atoms with Crippen LogP contribution in [0.5, 0.6) is 0 Å².